The minimum Gasteiger partial charge on any atom is -0.343 e. The molecule has 0 unspecified atom stereocenters. The molecule has 0 aliphatic heterocycles. The Bertz CT molecular complexity index is 1280. The first-order valence-electron chi connectivity index (χ1n) is 9.06. The predicted octanol–water partition coefficient (Wildman–Crippen LogP) is 4.74. The smallest absolute Gasteiger partial charge is 0.282 e. The monoisotopic (exact) mass is 434 g/mol. The molecular weight excluding hydrogens is 416 g/mol. The Balaban J connectivity index is 1.87. The van der Waals surface area contributed by atoms with Crippen molar-refractivity contribution in [3.8, 4) is 0 Å². The first kappa shape index (κ1) is 18.4. The Morgan fingerprint density at radius 1 is 1.21 bits per heavy atom. The molecule has 0 spiro atoms. The van der Waals surface area contributed by atoms with Gasteiger partial charge in [0.2, 0.25) is 0 Å². The Morgan fingerprint density at radius 2 is 2.04 bits per heavy atom. The number of hydrogen-bond acceptors (Lipinski definition) is 3. The molecule has 0 fully saturated rings. The molecule has 28 heavy (non-hydrogen) atoms. The molecular formula is C22H19BrN4O. The Labute approximate surface area is 170 Å². The van der Waals surface area contributed by atoms with E-state index >= 15 is 0 Å². The Morgan fingerprint density at radius 3 is 2.82 bits per heavy atom. The summed E-state index contributed by atoms with van der Waals surface area (Å²) in [5, 5.41) is 6.13. The zero-order chi connectivity index (χ0) is 19.7. The molecule has 5 nitrogen and oxygen atoms in total. The molecule has 0 aliphatic carbocycles. The predicted molar refractivity (Wildman–Crippen MR) is 118 cm³/mol. The maximum Gasteiger partial charge on any atom is 0.282 e. The van der Waals surface area contributed by atoms with Gasteiger partial charge < -0.3 is 4.57 Å². The number of aryl methyl sites for hydroxylation is 1. The average Bonchev–Trinajstić information content (AvgIpc) is 3.06. The third-order valence-corrected chi connectivity index (χ3v) is 5.14. The van der Waals surface area contributed by atoms with Gasteiger partial charge in [0, 0.05) is 40.1 Å². The van der Waals surface area contributed by atoms with E-state index in [4.69, 9.17) is 0 Å². The number of allylic oxidation sites excluding steroid dienone is 1. The largest absolute Gasteiger partial charge is 0.343 e. The van der Waals surface area contributed by atoms with Crippen LogP contribution in [0.1, 0.15) is 18.3 Å². The molecule has 0 atom stereocenters. The van der Waals surface area contributed by atoms with Gasteiger partial charge in [-0.05, 0) is 24.3 Å². The summed E-state index contributed by atoms with van der Waals surface area (Å²) in [5.41, 5.74) is 2.56. The lowest BCUT2D eigenvalue weighted by molar-refractivity contribution is 0.734. The second-order valence-corrected chi connectivity index (χ2v) is 7.36. The van der Waals surface area contributed by atoms with Gasteiger partial charge in [-0.25, -0.2) is 4.98 Å². The van der Waals surface area contributed by atoms with E-state index in [2.05, 4.69) is 49.3 Å². The summed E-state index contributed by atoms with van der Waals surface area (Å²) >= 11 is 3.42. The molecule has 140 valence electrons. The van der Waals surface area contributed by atoms with Crippen molar-refractivity contribution in [3.05, 3.63) is 87.5 Å². The number of hydrogen-bond donors (Lipinski definition) is 0. The Hall–Kier alpha value is -2.99. The summed E-state index contributed by atoms with van der Waals surface area (Å²) in [5.74, 6) is 0.630. The first-order chi connectivity index (χ1) is 13.6. The fourth-order valence-corrected chi connectivity index (χ4v) is 3.69. The van der Waals surface area contributed by atoms with E-state index in [-0.39, 0.29) is 5.56 Å². The number of halogens is 1. The van der Waals surface area contributed by atoms with Gasteiger partial charge in [0.1, 0.15) is 5.82 Å². The molecule has 4 rings (SSSR count). The van der Waals surface area contributed by atoms with Crippen molar-refractivity contribution in [2.45, 2.75) is 19.9 Å². The van der Waals surface area contributed by atoms with Crippen LogP contribution in [0.2, 0.25) is 0 Å². The van der Waals surface area contributed by atoms with Gasteiger partial charge in [-0.1, -0.05) is 47.1 Å². The van der Waals surface area contributed by atoms with Crippen LogP contribution in [0.4, 0.5) is 0 Å². The summed E-state index contributed by atoms with van der Waals surface area (Å²) in [7, 11) is 0. The van der Waals surface area contributed by atoms with Gasteiger partial charge in [-0.15, -0.1) is 6.58 Å². The van der Waals surface area contributed by atoms with E-state index in [1.54, 1.807) is 12.3 Å². The van der Waals surface area contributed by atoms with Crippen LogP contribution in [0.3, 0.4) is 0 Å². The van der Waals surface area contributed by atoms with E-state index in [1.807, 2.05) is 43.5 Å². The summed E-state index contributed by atoms with van der Waals surface area (Å²) in [6, 6.07) is 13.6. The first-order valence-corrected chi connectivity index (χ1v) is 9.86. The highest BCUT2D eigenvalue weighted by Gasteiger charge is 2.10. The maximum absolute atomic E-state index is 13.0. The van der Waals surface area contributed by atoms with E-state index in [9.17, 15) is 4.79 Å². The number of fused-ring (bicyclic) bond motifs is 2. The van der Waals surface area contributed by atoms with Crippen molar-refractivity contribution in [1.82, 2.24) is 14.2 Å². The third kappa shape index (κ3) is 3.20. The van der Waals surface area contributed by atoms with E-state index in [0.29, 0.717) is 29.7 Å². The van der Waals surface area contributed by atoms with Crippen LogP contribution in [0, 0.1) is 0 Å². The zero-order valence-corrected chi connectivity index (χ0v) is 17.1. The van der Waals surface area contributed by atoms with Crippen molar-refractivity contribution in [2.75, 3.05) is 0 Å². The van der Waals surface area contributed by atoms with Gasteiger partial charge >= 0.3 is 0 Å². The minimum absolute atomic E-state index is 0.172. The quantitative estimate of drug-likeness (QED) is 0.336. The second-order valence-electron chi connectivity index (χ2n) is 6.45. The van der Waals surface area contributed by atoms with E-state index < -0.39 is 0 Å². The average molecular weight is 435 g/mol. The standard InChI is InChI=1S/C22H19BrN4O/c1-3-11-26-14-15(17-7-5-6-8-20(17)26)13-24-27-21(4-2)25-19-10-9-16(23)12-18(19)22(27)28/h3,5-10,12-14H,1,4,11H2,2H3. The lowest BCUT2D eigenvalue weighted by Gasteiger charge is -2.07. The highest BCUT2D eigenvalue weighted by Crippen LogP contribution is 2.20. The van der Waals surface area contributed by atoms with E-state index in [1.165, 1.54) is 4.68 Å². The number of benzene rings is 2. The molecule has 0 N–H and O–H groups in total. The van der Waals surface area contributed by atoms with Gasteiger partial charge in [0.15, 0.2) is 0 Å². The lowest BCUT2D eigenvalue weighted by Crippen LogP contribution is -2.22. The summed E-state index contributed by atoms with van der Waals surface area (Å²) < 4.78 is 4.35. The molecule has 4 aromatic rings. The summed E-state index contributed by atoms with van der Waals surface area (Å²) in [4.78, 5) is 17.6. The van der Waals surface area contributed by atoms with Crippen LogP contribution >= 0.6 is 15.9 Å². The van der Waals surface area contributed by atoms with E-state index in [0.717, 1.165) is 20.9 Å². The molecule has 0 saturated heterocycles. The molecule has 2 aromatic heterocycles. The van der Waals surface area contributed by atoms with Crippen molar-refractivity contribution in [3.63, 3.8) is 0 Å². The molecule has 6 heteroatoms. The molecule has 0 radical (unpaired) electrons. The van der Waals surface area contributed by atoms with Crippen LogP contribution in [0.5, 0.6) is 0 Å². The number of para-hydroxylation sites is 1. The Kier molecular flexibility index (Phi) is 4.96. The molecule has 0 amide bonds. The third-order valence-electron chi connectivity index (χ3n) is 4.65. The number of aromatic nitrogens is 3. The fraction of sp³-hybridized carbons (Fsp3) is 0.136. The lowest BCUT2D eigenvalue weighted by atomic mass is 10.2. The van der Waals surface area contributed by atoms with Crippen molar-refractivity contribution >= 4 is 44.0 Å². The normalized spacial score (nSPS) is 11.6. The highest BCUT2D eigenvalue weighted by atomic mass is 79.9. The van der Waals surface area contributed by atoms with Gasteiger partial charge in [-0.2, -0.15) is 9.78 Å². The van der Waals surface area contributed by atoms with Crippen molar-refractivity contribution < 1.29 is 0 Å². The van der Waals surface area contributed by atoms with Gasteiger partial charge in [-0.3, -0.25) is 4.79 Å². The molecule has 0 bridgehead atoms. The summed E-state index contributed by atoms with van der Waals surface area (Å²) in [6.07, 6.45) is 6.22. The topological polar surface area (TPSA) is 52.2 Å². The molecule has 0 saturated carbocycles. The molecule has 0 aliphatic rings. The maximum atomic E-state index is 13.0. The van der Waals surface area contributed by atoms with Crippen LogP contribution in [-0.4, -0.2) is 20.4 Å². The van der Waals surface area contributed by atoms with Crippen molar-refractivity contribution in [1.29, 1.82) is 0 Å². The van der Waals surface area contributed by atoms with Gasteiger partial charge in [0.05, 0.1) is 17.1 Å². The second kappa shape index (κ2) is 7.56. The van der Waals surface area contributed by atoms with Crippen LogP contribution in [0.15, 0.2) is 75.7 Å². The minimum atomic E-state index is -0.172. The zero-order valence-electron chi connectivity index (χ0n) is 15.5. The summed E-state index contributed by atoms with van der Waals surface area (Å²) in [6.45, 7) is 6.50. The fourth-order valence-electron chi connectivity index (χ4n) is 3.33. The van der Waals surface area contributed by atoms with Crippen LogP contribution in [0.25, 0.3) is 21.8 Å². The molecule has 2 heterocycles. The van der Waals surface area contributed by atoms with Crippen LogP contribution < -0.4 is 5.56 Å². The highest BCUT2D eigenvalue weighted by molar-refractivity contribution is 9.10. The number of rotatable bonds is 5. The number of nitrogens with zero attached hydrogens (tertiary/aromatic N) is 4. The molecule has 2 aromatic carbocycles. The SMILES string of the molecule is C=CCn1cc(C=Nn2c(CC)nc3ccc(Br)cc3c2=O)c2ccccc21. The van der Waals surface area contributed by atoms with Crippen molar-refractivity contribution in [2.24, 2.45) is 5.10 Å². The van der Waals surface area contributed by atoms with Crippen LogP contribution in [-0.2, 0) is 13.0 Å². The van der Waals surface area contributed by atoms with Gasteiger partial charge in [0.25, 0.3) is 5.56 Å².